The van der Waals surface area contributed by atoms with Gasteiger partial charge >= 0.3 is 5.97 Å². The van der Waals surface area contributed by atoms with E-state index in [-0.39, 0.29) is 5.69 Å². The fourth-order valence-corrected chi connectivity index (χ4v) is 2.83. The van der Waals surface area contributed by atoms with E-state index < -0.39 is 10.9 Å². The number of nitro groups is 1. The van der Waals surface area contributed by atoms with Gasteiger partial charge in [-0.3, -0.25) is 15.5 Å². The summed E-state index contributed by atoms with van der Waals surface area (Å²) in [7, 11) is 1.48. The molecule has 0 spiro atoms. The van der Waals surface area contributed by atoms with Gasteiger partial charge in [-0.1, -0.05) is 6.07 Å². The number of esters is 1. The summed E-state index contributed by atoms with van der Waals surface area (Å²) in [6.07, 6.45) is 1.55. The molecule has 0 aliphatic carbocycles. The van der Waals surface area contributed by atoms with Gasteiger partial charge in [0, 0.05) is 12.1 Å². The van der Waals surface area contributed by atoms with Crippen molar-refractivity contribution in [3.63, 3.8) is 0 Å². The lowest BCUT2D eigenvalue weighted by Gasteiger charge is -2.09. The van der Waals surface area contributed by atoms with Crippen molar-refractivity contribution >= 4 is 34.9 Å². The van der Waals surface area contributed by atoms with Gasteiger partial charge in [0.25, 0.3) is 5.69 Å². The van der Waals surface area contributed by atoms with Crippen molar-refractivity contribution in [2.45, 2.75) is 0 Å². The van der Waals surface area contributed by atoms with Gasteiger partial charge in [-0.05, 0) is 47.3 Å². The fraction of sp³-hybridized carbons (Fsp3) is 0.0526. The van der Waals surface area contributed by atoms with Crippen LogP contribution < -0.4 is 14.9 Å². The lowest BCUT2D eigenvalue weighted by Crippen LogP contribution is -2.07. The lowest BCUT2D eigenvalue weighted by molar-refractivity contribution is -0.384. The van der Waals surface area contributed by atoms with Gasteiger partial charge in [-0.2, -0.15) is 5.10 Å². The van der Waals surface area contributed by atoms with Crippen LogP contribution in [-0.4, -0.2) is 24.2 Å². The van der Waals surface area contributed by atoms with Crippen LogP contribution in [0.3, 0.4) is 0 Å². The topological polar surface area (TPSA) is 103 Å². The number of hydrogen-bond acceptors (Lipinski definition) is 8. The Balaban J connectivity index is 1.66. The molecule has 9 heteroatoms. The van der Waals surface area contributed by atoms with E-state index in [1.165, 1.54) is 30.6 Å². The third kappa shape index (κ3) is 4.71. The minimum Gasteiger partial charge on any atom is -0.493 e. The predicted octanol–water partition coefficient (Wildman–Crippen LogP) is 4.33. The highest BCUT2D eigenvalue weighted by molar-refractivity contribution is 7.12. The van der Waals surface area contributed by atoms with Crippen molar-refractivity contribution in [2.75, 3.05) is 12.5 Å². The minimum atomic E-state index is -0.466. The SMILES string of the molecule is COc1cc(/C=N/Nc2ccc([N+](=O)[O-])cc2)ccc1OC(=O)c1cccs1. The molecule has 1 aromatic heterocycles. The molecule has 0 saturated carbocycles. The van der Waals surface area contributed by atoms with E-state index in [9.17, 15) is 14.9 Å². The Hall–Kier alpha value is -3.72. The summed E-state index contributed by atoms with van der Waals surface area (Å²) in [6.45, 7) is 0. The molecule has 142 valence electrons. The van der Waals surface area contributed by atoms with Crippen molar-refractivity contribution in [1.29, 1.82) is 0 Å². The summed E-state index contributed by atoms with van der Waals surface area (Å²) in [6, 6.07) is 14.4. The third-order valence-corrected chi connectivity index (χ3v) is 4.45. The second-order valence-electron chi connectivity index (χ2n) is 5.45. The smallest absolute Gasteiger partial charge is 0.353 e. The minimum absolute atomic E-state index is 0.00644. The maximum atomic E-state index is 12.1. The molecular weight excluding hydrogens is 382 g/mol. The number of benzene rings is 2. The summed E-state index contributed by atoms with van der Waals surface area (Å²) in [5.41, 5.74) is 4.11. The number of nitro benzene ring substituents is 1. The summed E-state index contributed by atoms with van der Waals surface area (Å²) < 4.78 is 10.7. The van der Waals surface area contributed by atoms with Gasteiger partial charge in [0.2, 0.25) is 0 Å². The second-order valence-corrected chi connectivity index (χ2v) is 6.40. The third-order valence-electron chi connectivity index (χ3n) is 3.60. The van der Waals surface area contributed by atoms with Crippen LogP contribution in [0.4, 0.5) is 11.4 Å². The Morgan fingerprint density at radius 2 is 1.96 bits per heavy atom. The monoisotopic (exact) mass is 397 g/mol. The number of rotatable bonds is 7. The maximum absolute atomic E-state index is 12.1. The van der Waals surface area contributed by atoms with Crippen LogP contribution in [0.2, 0.25) is 0 Å². The first-order valence-corrected chi connectivity index (χ1v) is 8.92. The number of non-ortho nitro benzene ring substituents is 1. The summed E-state index contributed by atoms with van der Waals surface area (Å²) in [5, 5.41) is 16.5. The van der Waals surface area contributed by atoms with E-state index >= 15 is 0 Å². The highest BCUT2D eigenvalue weighted by Crippen LogP contribution is 2.29. The number of nitrogens with zero attached hydrogens (tertiary/aromatic N) is 2. The summed E-state index contributed by atoms with van der Waals surface area (Å²) in [4.78, 5) is 22.8. The van der Waals surface area contributed by atoms with E-state index in [2.05, 4.69) is 10.5 Å². The molecular formula is C19H15N3O5S. The van der Waals surface area contributed by atoms with Crippen molar-refractivity contribution in [3.05, 3.63) is 80.5 Å². The van der Waals surface area contributed by atoms with Gasteiger partial charge in [-0.25, -0.2) is 4.79 Å². The molecule has 0 fully saturated rings. The van der Waals surface area contributed by atoms with Crippen LogP contribution in [-0.2, 0) is 0 Å². The first kappa shape index (κ1) is 19.1. The van der Waals surface area contributed by atoms with Crippen LogP contribution in [0.15, 0.2) is 65.1 Å². The maximum Gasteiger partial charge on any atom is 0.353 e. The molecule has 2 aromatic carbocycles. The molecule has 1 heterocycles. The molecule has 1 N–H and O–H groups in total. The van der Waals surface area contributed by atoms with Crippen LogP contribution in [0.1, 0.15) is 15.2 Å². The summed E-state index contributed by atoms with van der Waals surface area (Å²) in [5.74, 6) is 0.250. The number of nitrogens with one attached hydrogen (secondary N) is 1. The zero-order valence-corrected chi connectivity index (χ0v) is 15.5. The first-order valence-electron chi connectivity index (χ1n) is 8.04. The normalized spacial score (nSPS) is 10.6. The molecule has 28 heavy (non-hydrogen) atoms. The van der Waals surface area contributed by atoms with Gasteiger partial charge in [0.05, 0.1) is 23.9 Å². The lowest BCUT2D eigenvalue weighted by atomic mass is 10.2. The van der Waals surface area contributed by atoms with Crippen molar-refractivity contribution in [2.24, 2.45) is 5.10 Å². The summed E-state index contributed by atoms with van der Waals surface area (Å²) >= 11 is 1.30. The fourth-order valence-electron chi connectivity index (χ4n) is 2.23. The van der Waals surface area contributed by atoms with E-state index in [0.717, 1.165) is 0 Å². The van der Waals surface area contributed by atoms with Crippen LogP contribution in [0.5, 0.6) is 11.5 Å². The zero-order chi connectivity index (χ0) is 19.9. The van der Waals surface area contributed by atoms with Gasteiger partial charge in [0.1, 0.15) is 4.88 Å². The molecule has 3 aromatic rings. The standard InChI is InChI=1S/C19H15N3O5S/c1-26-17-11-13(4-9-16(17)27-19(23)18-3-2-10-28-18)12-20-21-14-5-7-15(8-6-14)22(24)25/h2-12,21H,1H3/b20-12+. The highest BCUT2D eigenvalue weighted by atomic mass is 32.1. The zero-order valence-electron chi connectivity index (χ0n) is 14.7. The molecule has 8 nitrogen and oxygen atoms in total. The molecule has 0 bridgehead atoms. The number of anilines is 1. The van der Waals surface area contributed by atoms with Crippen molar-refractivity contribution in [1.82, 2.24) is 0 Å². The van der Waals surface area contributed by atoms with Gasteiger partial charge < -0.3 is 9.47 Å². The van der Waals surface area contributed by atoms with E-state index in [1.807, 2.05) is 0 Å². The second kappa shape index (κ2) is 8.78. The van der Waals surface area contributed by atoms with Crippen LogP contribution >= 0.6 is 11.3 Å². The molecule has 0 aliphatic heterocycles. The van der Waals surface area contributed by atoms with Gasteiger partial charge in [-0.15, -0.1) is 11.3 Å². The number of methoxy groups -OCH3 is 1. The van der Waals surface area contributed by atoms with E-state index in [4.69, 9.17) is 9.47 Å². The quantitative estimate of drug-likeness (QED) is 0.209. The number of ether oxygens (including phenoxy) is 2. The average molecular weight is 397 g/mol. The van der Waals surface area contributed by atoms with Crippen LogP contribution in [0, 0.1) is 10.1 Å². The number of hydrazone groups is 1. The number of carbonyl (C=O) groups is 1. The molecule has 0 unspecified atom stereocenters. The predicted molar refractivity (Wildman–Crippen MR) is 107 cm³/mol. The van der Waals surface area contributed by atoms with E-state index in [1.54, 1.807) is 54.1 Å². The van der Waals surface area contributed by atoms with Gasteiger partial charge in [0.15, 0.2) is 11.5 Å². The Labute approximate surface area is 164 Å². The number of thiophene rings is 1. The molecule has 0 radical (unpaired) electrons. The van der Waals surface area contributed by atoms with Crippen molar-refractivity contribution in [3.8, 4) is 11.5 Å². The molecule has 0 aliphatic rings. The Morgan fingerprint density at radius 3 is 2.61 bits per heavy atom. The molecule has 0 amide bonds. The Kier molecular flexibility index (Phi) is 5.97. The number of carbonyl (C=O) groups excluding carboxylic acids is 1. The molecule has 0 saturated heterocycles. The first-order chi connectivity index (χ1) is 13.6. The average Bonchev–Trinajstić information content (AvgIpc) is 3.24. The molecule has 0 atom stereocenters. The van der Waals surface area contributed by atoms with Crippen LogP contribution in [0.25, 0.3) is 0 Å². The Morgan fingerprint density at radius 1 is 1.18 bits per heavy atom. The Bertz CT molecular complexity index is 1000. The van der Waals surface area contributed by atoms with E-state index in [0.29, 0.717) is 27.6 Å². The number of hydrogen-bond donors (Lipinski definition) is 1. The largest absolute Gasteiger partial charge is 0.493 e. The van der Waals surface area contributed by atoms with Crippen molar-refractivity contribution < 1.29 is 19.2 Å². The highest BCUT2D eigenvalue weighted by Gasteiger charge is 2.13. The molecule has 3 rings (SSSR count).